The lowest BCUT2D eigenvalue weighted by atomic mass is 9.49. The number of thiazole rings is 1. The number of aromatic carboxylic acids is 1. The highest BCUT2D eigenvalue weighted by Gasteiger charge is 2.54. The van der Waals surface area contributed by atoms with Gasteiger partial charge >= 0.3 is 5.97 Å². The number of rotatable bonds is 3. The van der Waals surface area contributed by atoms with Gasteiger partial charge in [0.25, 0.3) is 0 Å². The Hall–Kier alpha value is -1.43. The Kier molecular flexibility index (Phi) is 3.08. The van der Waals surface area contributed by atoms with E-state index in [9.17, 15) is 9.59 Å². The van der Waals surface area contributed by atoms with Crippen molar-refractivity contribution in [3.8, 4) is 0 Å². The van der Waals surface area contributed by atoms with Crippen molar-refractivity contribution in [3.05, 3.63) is 10.6 Å². The molecule has 1 heterocycles. The molecule has 5 nitrogen and oxygen atoms in total. The molecule has 1 amide bonds. The van der Waals surface area contributed by atoms with Crippen LogP contribution in [0.4, 0.5) is 5.13 Å². The third kappa shape index (κ3) is 2.16. The molecule has 4 bridgehead atoms. The summed E-state index contributed by atoms with van der Waals surface area (Å²) in [5.41, 5.74) is 0.246. The molecule has 22 heavy (non-hydrogen) atoms. The van der Waals surface area contributed by atoms with Crippen LogP contribution in [0, 0.1) is 30.1 Å². The number of carboxylic acid groups (broad SMARTS) is 1. The van der Waals surface area contributed by atoms with Gasteiger partial charge in [0.15, 0.2) is 5.13 Å². The second-order valence-electron chi connectivity index (χ2n) is 7.39. The van der Waals surface area contributed by atoms with E-state index in [1.807, 2.05) is 0 Å². The van der Waals surface area contributed by atoms with Crippen molar-refractivity contribution in [3.63, 3.8) is 0 Å². The Morgan fingerprint density at radius 3 is 2.18 bits per heavy atom. The average Bonchev–Trinajstić information content (AvgIpc) is 2.78. The van der Waals surface area contributed by atoms with Crippen molar-refractivity contribution in [1.29, 1.82) is 0 Å². The number of amides is 1. The minimum Gasteiger partial charge on any atom is -0.477 e. The molecule has 0 radical (unpaired) electrons. The van der Waals surface area contributed by atoms with E-state index in [1.165, 1.54) is 19.3 Å². The highest BCUT2D eigenvalue weighted by molar-refractivity contribution is 7.17. The predicted octanol–water partition coefficient (Wildman–Crippen LogP) is 3.30. The smallest absolute Gasteiger partial charge is 0.347 e. The SMILES string of the molecule is Cc1nc(NC(=O)C23CC4CC(CC(C4)C2)C3)sc1C(=O)O. The van der Waals surface area contributed by atoms with Gasteiger partial charge in [-0.1, -0.05) is 11.3 Å². The van der Waals surface area contributed by atoms with E-state index in [0.717, 1.165) is 30.6 Å². The molecular weight excluding hydrogens is 300 g/mol. The van der Waals surface area contributed by atoms with E-state index in [2.05, 4.69) is 10.3 Å². The number of hydrogen-bond acceptors (Lipinski definition) is 4. The lowest BCUT2D eigenvalue weighted by molar-refractivity contribution is -0.140. The van der Waals surface area contributed by atoms with E-state index in [1.54, 1.807) is 6.92 Å². The third-order valence-electron chi connectivity index (χ3n) is 5.73. The number of nitrogens with one attached hydrogen (secondary N) is 1. The first kappa shape index (κ1) is 14.2. The van der Waals surface area contributed by atoms with Crippen LogP contribution in [0.1, 0.15) is 53.9 Å². The molecule has 4 aliphatic rings. The van der Waals surface area contributed by atoms with E-state index in [4.69, 9.17) is 5.11 Å². The van der Waals surface area contributed by atoms with Crippen molar-refractivity contribution in [1.82, 2.24) is 4.98 Å². The summed E-state index contributed by atoms with van der Waals surface area (Å²) in [5, 5.41) is 12.4. The standard InChI is InChI=1S/C16H20N2O3S/c1-8-12(13(19)20)22-15(17-8)18-14(21)16-5-9-2-10(6-16)4-11(3-9)7-16/h9-11H,2-7H2,1H3,(H,19,20)(H,17,18,21). The van der Waals surface area contributed by atoms with Crippen molar-refractivity contribution in [2.75, 3.05) is 5.32 Å². The Balaban J connectivity index is 1.55. The second-order valence-corrected chi connectivity index (χ2v) is 8.39. The molecular formula is C16H20N2O3S. The zero-order chi connectivity index (χ0) is 15.5. The topological polar surface area (TPSA) is 79.3 Å². The first-order chi connectivity index (χ1) is 10.4. The van der Waals surface area contributed by atoms with Crippen molar-refractivity contribution in [2.24, 2.45) is 23.2 Å². The summed E-state index contributed by atoms with van der Waals surface area (Å²) in [5.74, 6) is 1.22. The summed E-state index contributed by atoms with van der Waals surface area (Å²) in [6.45, 7) is 1.67. The van der Waals surface area contributed by atoms with Crippen LogP contribution in [0.15, 0.2) is 0 Å². The van der Waals surface area contributed by atoms with Crippen LogP contribution in [-0.2, 0) is 4.79 Å². The molecule has 4 fully saturated rings. The number of nitrogens with zero attached hydrogens (tertiary/aromatic N) is 1. The summed E-state index contributed by atoms with van der Waals surface area (Å²) in [6, 6.07) is 0. The maximum Gasteiger partial charge on any atom is 0.347 e. The summed E-state index contributed by atoms with van der Waals surface area (Å²) in [7, 11) is 0. The maximum atomic E-state index is 12.9. The Morgan fingerprint density at radius 1 is 1.18 bits per heavy atom. The van der Waals surface area contributed by atoms with Crippen LogP contribution < -0.4 is 5.32 Å². The van der Waals surface area contributed by atoms with Gasteiger partial charge in [0.2, 0.25) is 5.91 Å². The second kappa shape index (κ2) is 4.78. The van der Waals surface area contributed by atoms with E-state index >= 15 is 0 Å². The summed E-state index contributed by atoms with van der Waals surface area (Å²) in [4.78, 5) is 28.4. The van der Waals surface area contributed by atoms with Crippen LogP contribution in [0.3, 0.4) is 0 Å². The highest BCUT2D eigenvalue weighted by atomic mass is 32.1. The first-order valence-electron chi connectivity index (χ1n) is 7.97. The minimum absolute atomic E-state index is 0.0669. The quantitative estimate of drug-likeness (QED) is 0.895. The van der Waals surface area contributed by atoms with Gasteiger partial charge in [0.05, 0.1) is 11.1 Å². The molecule has 1 aromatic rings. The molecule has 0 aliphatic heterocycles. The molecule has 0 spiro atoms. The third-order valence-corrected chi connectivity index (χ3v) is 6.79. The number of carboxylic acids is 1. The molecule has 0 atom stereocenters. The fraction of sp³-hybridized carbons (Fsp3) is 0.688. The van der Waals surface area contributed by atoms with Crippen LogP contribution in [0.2, 0.25) is 0 Å². The van der Waals surface area contributed by atoms with Crippen molar-refractivity contribution < 1.29 is 14.7 Å². The molecule has 6 heteroatoms. The van der Waals surface area contributed by atoms with Gasteiger partial charge in [-0.05, 0) is 63.2 Å². The maximum absolute atomic E-state index is 12.9. The predicted molar refractivity (Wildman–Crippen MR) is 83.0 cm³/mol. The molecule has 118 valence electrons. The summed E-state index contributed by atoms with van der Waals surface area (Å²) in [6.07, 6.45) is 6.90. The van der Waals surface area contributed by atoms with Crippen molar-refractivity contribution >= 4 is 28.3 Å². The lowest BCUT2D eigenvalue weighted by Crippen LogP contribution is -2.51. The normalized spacial score (nSPS) is 35.6. The van der Waals surface area contributed by atoms with Gasteiger partial charge in [0, 0.05) is 0 Å². The minimum atomic E-state index is -0.981. The first-order valence-corrected chi connectivity index (χ1v) is 8.79. The van der Waals surface area contributed by atoms with Gasteiger partial charge < -0.3 is 10.4 Å². The molecule has 0 saturated heterocycles. The molecule has 5 rings (SSSR count). The Bertz CT molecular complexity index is 617. The fourth-order valence-electron chi connectivity index (χ4n) is 5.27. The van der Waals surface area contributed by atoms with Crippen LogP contribution in [-0.4, -0.2) is 22.0 Å². The molecule has 0 aromatic carbocycles. The zero-order valence-corrected chi connectivity index (χ0v) is 13.4. The molecule has 1 aromatic heterocycles. The molecule has 2 N–H and O–H groups in total. The van der Waals surface area contributed by atoms with Crippen LogP contribution in [0.25, 0.3) is 0 Å². The Morgan fingerprint density at radius 2 is 1.73 bits per heavy atom. The van der Waals surface area contributed by atoms with Gasteiger partial charge in [-0.3, -0.25) is 4.79 Å². The van der Waals surface area contributed by atoms with Gasteiger partial charge in [-0.2, -0.15) is 0 Å². The summed E-state index contributed by atoms with van der Waals surface area (Å²) >= 11 is 1.06. The van der Waals surface area contributed by atoms with Gasteiger partial charge in [-0.25, -0.2) is 9.78 Å². The highest BCUT2D eigenvalue weighted by Crippen LogP contribution is 2.60. The average molecular weight is 320 g/mol. The monoisotopic (exact) mass is 320 g/mol. The van der Waals surface area contributed by atoms with E-state index in [-0.39, 0.29) is 16.2 Å². The number of carbonyl (C=O) groups is 2. The van der Waals surface area contributed by atoms with E-state index in [0.29, 0.717) is 28.6 Å². The summed E-state index contributed by atoms with van der Waals surface area (Å²) < 4.78 is 0. The number of carbonyl (C=O) groups excluding carboxylic acids is 1. The number of anilines is 1. The zero-order valence-electron chi connectivity index (χ0n) is 12.6. The lowest BCUT2D eigenvalue weighted by Gasteiger charge is -2.55. The number of aromatic nitrogens is 1. The van der Waals surface area contributed by atoms with E-state index < -0.39 is 5.97 Å². The number of hydrogen-bond donors (Lipinski definition) is 2. The van der Waals surface area contributed by atoms with Gasteiger partial charge in [0.1, 0.15) is 4.88 Å². The van der Waals surface area contributed by atoms with Crippen molar-refractivity contribution in [2.45, 2.75) is 45.4 Å². The molecule has 0 unspecified atom stereocenters. The Labute approximate surface area is 133 Å². The fourth-order valence-corrected chi connectivity index (χ4v) is 6.07. The largest absolute Gasteiger partial charge is 0.477 e. The van der Waals surface area contributed by atoms with Crippen LogP contribution >= 0.6 is 11.3 Å². The van der Waals surface area contributed by atoms with Crippen LogP contribution in [0.5, 0.6) is 0 Å². The van der Waals surface area contributed by atoms with Gasteiger partial charge in [-0.15, -0.1) is 0 Å². The molecule has 4 aliphatic carbocycles. The number of aryl methyl sites for hydroxylation is 1. The molecule has 4 saturated carbocycles.